The number of hydrogen-bond acceptors (Lipinski definition) is 3. The molecule has 1 rings (SSSR count). The predicted octanol–water partition coefficient (Wildman–Crippen LogP) is 1.59. The van der Waals surface area contributed by atoms with Gasteiger partial charge in [0.15, 0.2) is 0 Å². The van der Waals surface area contributed by atoms with Gasteiger partial charge in [0, 0.05) is 5.54 Å². The Hall–Kier alpha value is -0.770. The van der Waals surface area contributed by atoms with E-state index in [4.69, 9.17) is 10.5 Å². The molecule has 1 aliphatic heterocycles. The third-order valence-electron chi connectivity index (χ3n) is 3.29. The van der Waals surface area contributed by atoms with Crippen LogP contribution in [0.4, 0.5) is 4.79 Å². The first kappa shape index (κ1) is 12.3. The number of piperidine rings is 1. The van der Waals surface area contributed by atoms with Crippen LogP contribution in [-0.2, 0) is 4.74 Å². The third-order valence-corrected chi connectivity index (χ3v) is 3.29. The van der Waals surface area contributed by atoms with Crippen molar-refractivity contribution in [2.75, 3.05) is 19.7 Å². The molecule has 4 heteroatoms. The Labute approximate surface area is 91.8 Å². The summed E-state index contributed by atoms with van der Waals surface area (Å²) in [5.41, 5.74) is 5.17. The fourth-order valence-corrected chi connectivity index (χ4v) is 2.51. The molecule has 1 amide bonds. The first-order chi connectivity index (χ1) is 6.95. The fourth-order valence-electron chi connectivity index (χ4n) is 2.51. The van der Waals surface area contributed by atoms with Crippen molar-refractivity contribution in [2.24, 2.45) is 11.7 Å². The summed E-state index contributed by atoms with van der Waals surface area (Å²) in [7, 11) is 0. The number of carbonyl (C=O) groups excluding carboxylic acids is 1. The van der Waals surface area contributed by atoms with Crippen LogP contribution < -0.4 is 5.73 Å². The smallest absolute Gasteiger partial charge is 0.404 e. The highest BCUT2D eigenvalue weighted by atomic mass is 16.5. The van der Waals surface area contributed by atoms with Crippen molar-refractivity contribution in [3.8, 4) is 0 Å². The summed E-state index contributed by atoms with van der Waals surface area (Å²) in [5, 5.41) is 0. The highest BCUT2D eigenvalue weighted by molar-refractivity contribution is 5.64. The van der Waals surface area contributed by atoms with Crippen molar-refractivity contribution in [2.45, 2.75) is 39.2 Å². The second-order valence-electron chi connectivity index (χ2n) is 4.88. The molecule has 0 radical (unpaired) electrons. The molecule has 1 heterocycles. The Balaban J connectivity index is 2.43. The minimum Gasteiger partial charge on any atom is -0.449 e. The molecule has 1 unspecified atom stereocenters. The van der Waals surface area contributed by atoms with Gasteiger partial charge in [-0.15, -0.1) is 0 Å². The number of nitrogens with zero attached hydrogens (tertiary/aromatic N) is 1. The number of hydrogen-bond donors (Lipinski definition) is 1. The first-order valence-electron chi connectivity index (χ1n) is 5.63. The van der Waals surface area contributed by atoms with Gasteiger partial charge in [-0.05, 0) is 45.7 Å². The van der Waals surface area contributed by atoms with Gasteiger partial charge in [-0.1, -0.05) is 6.92 Å². The van der Waals surface area contributed by atoms with Crippen LogP contribution in [0.2, 0.25) is 0 Å². The number of ether oxygens (including phenoxy) is 1. The number of carbonyl (C=O) groups is 1. The first-order valence-corrected chi connectivity index (χ1v) is 5.63. The Morgan fingerprint density at radius 3 is 2.73 bits per heavy atom. The fraction of sp³-hybridized carbons (Fsp3) is 0.909. The van der Waals surface area contributed by atoms with Crippen LogP contribution in [0.25, 0.3) is 0 Å². The topological polar surface area (TPSA) is 55.6 Å². The van der Waals surface area contributed by atoms with Crippen molar-refractivity contribution in [3.63, 3.8) is 0 Å². The summed E-state index contributed by atoms with van der Waals surface area (Å²) < 4.78 is 4.86. The van der Waals surface area contributed by atoms with Crippen molar-refractivity contribution < 1.29 is 9.53 Å². The SMILES string of the molecule is CCN1CCC(COC(N)=O)CC1(C)C. The van der Waals surface area contributed by atoms with E-state index in [-0.39, 0.29) is 5.54 Å². The normalized spacial score (nSPS) is 26.2. The average molecular weight is 214 g/mol. The van der Waals surface area contributed by atoms with Gasteiger partial charge in [-0.2, -0.15) is 0 Å². The number of rotatable bonds is 3. The lowest BCUT2D eigenvalue weighted by Crippen LogP contribution is -2.50. The highest BCUT2D eigenvalue weighted by Gasteiger charge is 2.33. The summed E-state index contributed by atoms with van der Waals surface area (Å²) >= 11 is 0. The van der Waals surface area contributed by atoms with Gasteiger partial charge >= 0.3 is 6.09 Å². The average Bonchev–Trinajstić information content (AvgIpc) is 2.13. The molecular weight excluding hydrogens is 192 g/mol. The van der Waals surface area contributed by atoms with Crippen LogP contribution in [-0.4, -0.2) is 36.2 Å². The molecule has 0 spiro atoms. The van der Waals surface area contributed by atoms with Gasteiger partial charge in [-0.25, -0.2) is 4.79 Å². The lowest BCUT2D eigenvalue weighted by atomic mass is 9.83. The maximum Gasteiger partial charge on any atom is 0.404 e. The summed E-state index contributed by atoms with van der Waals surface area (Å²) in [6.07, 6.45) is 1.49. The zero-order valence-corrected chi connectivity index (χ0v) is 9.95. The Kier molecular flexibility index (Phi) is 3.97. The molecule has 0 aromatic carbocycles. The van der Waals surface area contributed by atoms with Crippen LogP contribution in [0.15, 0.2) is 0 Å². The van der Waals surface area contributed by atoms with E-state index < -0.39 is 6.09 Å². The van der Waals surface area contributed by atoms with E-state index in [1.165, 1.54) is 0 Å². The number of primary amides is 1. The zero-order valence-electron chi connectivity index (χ0n) is 9.95. The molecule has 1 aliphatic rings. The lowest BCUT2D eigenvalue weighted by molar-refractivity contribution is 0.0270. The van der Waals surface area contributed by atoms with Crippen LogP contribution in [0, 0.1) is 5.92 Å². The van der Waals surface area contributed by atoms with E-state index in [1.54, 1.807) is 0 Å². The maximum atomic E-state index is 10.5. The summed E-state index contributed by atoms with van der Waals surface area (Å²) in [4.78, 5) is 13.0. The standard InChI is InChI=1S/C11H22N2O2/c1-4-13-6-5-9(7-11(13,2)3)8-15-10(12)14/h9H,4-8H2,1-3H3,(H2,12,14). The van der Waals surface area contributed by atoms with E-state index in [9.17, 15) is 4.79 Å². The van der Waals surface area contributed by atoms with Crippen LogP contribution in [0.3, 0.4) is 0 Å². The second kappa shape index (κ2) is 4.84. The van der Waals surface area contributed by atoms with Gasteiger partial charge in [0.25, 0.3) is 0 Å². The van der Waals surface area contributed by atoms with Gasteiger partial charge in [0.2, 0.25) is 0 Å². The molecule has 0 aromatic rings. The quantitative estimate of drug-likeness (QED) is 0.776. The largest absolute Gasteiger partial charge is 0.449 e. The molecule has 1 saturated heterocycles. The van der Waals surface area contributed by atoms with Gasteiger partial charge in [0.1, 0.15) is 0 Å². The number of nitrogens with two attached hydrogens (primary N) is 1. The Morgan fingerprint density at radius 1 is 1.60 bits per heavy atom. The minimum absolute atomic E-state index is 0.207. The Bertz CT molecular complexity index is 229. The van der Waals surface area contributed by atoms with Crippen molar-refractivity contribution in [1.82, 2.24) is 4.90 Å². The van der Waals surface area contributed by atoms with Gasteiger partial charge < -0.3 is 10.5 Å². The Morgan fingerprint density at radius 2 is 2.27 bits per heavy atom. The molecule has 0 bridgehead atoms. The van der Waals surface area contributed by atoms with E-state index in [0.717, 1.165) is 25.9 Å². The number of likely N-dealkylation sites (tertiary alicyclic amines) is 1. The monoisotopic (exact) mass is 214 g/mol. The molecule has 0 aliphatic carbocycles. The second-order valence-corrected chi connectivity index (χ2v) is 4.88. The zero-order chi connectivity index (χ0) is 11.5. The summed E-state index contributed by atoms with van der Waals surface area (Å²) in [6, 6.07) is 0. The van der Waals surface area contributed by atoms with Crippen molar-refractivity contribution >= 4 is 6.09 Å². The molecule has 0 aromatic heterocycles. The van der Waals surface area contributed by atoms with Gasteiger partial charge in [0.05, 0.1) is 6.61 Å². The molecule has 1 atom stereocenters. The van der Waals surface area contributed by atoms with E-state index in [1.807, 2.05) is 0 Å². The van der Waals surface area contributed by atoms with E-state index in [0.29, 0.717) is 12.5 Å². The molecular formula is C11H22N2O2. The van der Waals surface area contributed by atoms with Gasteiger partial charge in [-0.3, -0.25) is 4.90 Å². The molecule has 1 fully saturated rings. The van der Waals surface area contributed by atoms with Crippen molar-refractivity contribution in [3.05, 3.63) is 0 Å². The number of amides is 1. The molecule has 4 nitrogen and oxygen atoms in total. The molecule has 15 heavy (non-hydrogen) atoms. The molecule has 2 N–H and O–H groups in total. The third kappa shape index (κ3) is 3.38. The van der Waals surface area contributed by atoms with E-state index >= 15 is 0 Å². The maximum absolute atomic E-state index is 10.5. The summed E-state index contributed by atoms with van der Waals surface area (Å²) in [6.45, 7) is 9.30. The van der Waals surface area contributed by atoms with Crippen LogP contribution in [0.1, 0.15) is 33.6 Å². The van der Waals surface area contributed by atoms with Crippen LogP contribution >= 0.6 is 0 Å². The summed E-state index contributed by atoms with van der Waals surface area (Å²) in [5.74, 6) is 0.454. The molecule has 88 valence electrons. The predicted molar refractivity (Wildman–Crippen MR) is 59.6 cm³/mol. The van der Waals surface area contributed by atoms with E-state index in [2.05, 4.69) is 25.7 Å². The highest BCUT2D eigenvalue weighted by Crippen LogP contribution is 2.31. The van der Waals surface area contributed by atoms with Crippen molar-refractivity contribution in [1.29, 1.82) is 0 Å². The lowest BCUT2D eigenvalue weighted by Gasteiger charge is -2.45. The molecule has 0 saturated carbocycles. The van der Waals surface area contributed by atoms with Crippen LogP contribution in [0.5, 0.6) is 0 Å². The minimum atomic E-state index is -0.661.